The minimum atomic E-state index is -5.65. The molecule has 0 radical (unpaired) electrons. The van der Waals surface area contributed by atoms with Gasteiger partial charge >= 0.3 is 42.2 Å². The molecule has 1 aliphatic rings. The molecule has 38 heavy (non-hydrogen) atoms. The summed E-state index contributed by atoms with van der Waals surface area (Å²) >= 11 is 0. The lowest BCUT2D eigenvalue weighted by Crippen LogP contribution is -2.63. The van der Waals surface area contributed by atoms with Gasteiger partial charge in [-0.1, -0.05) is 30.3 Å². The van der Waals surface area contributed by atoms with Gasteiger partial charge in [0, 0.05) is 32.6 Å². The zero-order valence-electron chi connectivity index (χ0n) is 19.2. The SMILES string of the molecule is O=C(CCC1(NC(=O)C(F)(F)F)CN(C(=O)C(F)(F)F)CCN(C(=O)C(F)(F)F)C1)OCc1ccccc1. The van der Waals surface area contributed by atoms with Crippen molar-refractivity contribution in [2.75, 3.05) is 26.2 Å². The van der Waals surface area contributed by atoms with E-state index in [4.69, 9.17) is 4.74 Å². The van der Waals surface area contributed by atoms with Crippen LogP contribution in [-0.2, 0) is 30.5 Å². The number of benzene rings is 1. The monoisotopic (exact) mass is 565 g/mol. The van der Waals surface area contributed by atoms with Crippen LogP contribution in [-0.4, -0.2) is 83.7 Å². The van der Waals surface area contributed by atoms with Crippen molar-refractivity contribution in [3.8, 4) is 0 Å². The van der Waals surface area contributed by atoms with E-state index >= 15 is 0 Å². The van der Waals surface area contributed by atoms with Crippen LogP contribution in [0.4, 0.5) is 39.5 Å². The molecule has 0 saturated carbocycles. The second-order valence-corrected chi connectivity index (χ2v) is 8.33. The number of alkyl halides is 9. The minimum absolute atomic E-state index is 0.129. The Morgan fingerprint density at radius 2 is 1.26 bits per heavy atom. The molecule has 0 aromatic heterocycles. The molecule has 0 atom stereocenters. The van der Waals surface area contributed by atoms with Gasteiger partial charge in [0.2, 0.25) is 0 Å². The fraction of sp³-hybridized carbons (Fsp3) is 0.524. The lowest BCUT2D eigenvalue weighted by atomic mass is 9.91. The third-order valence-corrected chi connectivity index (χ3v) is 5.37. The molecule has 1 N–H and O–H groups in total. The lowest BCUT2D eigenvalue weighted by molar-refractivity contribution is -0.187. The predicted octanol–water partition coefficient (Wildman–Crippen LogP) is 2.72. The maximum Gasteiger partial charge on any atom is 0.471 e. The van der Waals surface area contributed by atoms with Crippen LogP contribution in [0, 0.1) is 0 Å². The van der Waals surface area contributed by atoms with Crippen LogP contribution in [0.25, 0.3) is 0 Å². The normalized spacial score (nSPS) is 16.4. The fourth-order valence-electron chi connectivity index (χ4n) is 3.65. The van der Waals surface area contributed by atoms with Crippen LogP contribution >= 0.6 is 0 Å². The Bertz CT molecular complexity index is 990. The molecule has 1 heterocycles. The number of nitrogens with one attached hydrogen (secondary N) is 1. The molecular formula is C21H20F9N3O5. The number of halogens is 9. The Labute approximate surface area is 208 Å². The summed E-state index contributed by atoms with van der Waals surface area (Å²) in [5.74, 6) is -9.15. The molecule has 17 heteroatoms. The Morgan fingerprint density at radius 1 is 0.789 bits per heavy atom. The molecule has 0 unspecified atom stereocenters. The lowest BCUT2D eigenvalue weighted by Gasteiger charge is -2.38. The van der Waals surface area contributed by atoms with E-state index in [9.17, 15) is 58.7 Å². The second kappa shape index (κ2) is 11.5. The van der Waals surface area contributed by atoms with Crippen molar-refractivity contribution in [3.05, 3.63) is 35.9 Å². The van der Waals surface area contributed by atoms with E-state index in [0.717, 1.165) is 0 Å². The molecule has 1 saturated heterocycles. The summed E-state index contributed by atoms with van der Waals surface area (Å²) < 4.78 is 123. The van der Waals surface area contributed by atoms with Gasteiger partial charge in [-0.15, -0.1) is 0 Å². The Kier molecular flexibility index (Phi) is 9.26. The molecular weight excluding hydrogens is 545 g/mol. The largest absolute Gasteiger partial charge is 0.471 e. The van der Waals surface area contributed by atoms with Gasteiger partial charge in [-0.25, -0.2) is 0 Å². The van der Waals surface area contributed by atoms with Crippen molar-refractivity contribution in [2.24, 2.45) is 0 Å². The average molecular weight is 565 g/mol. The van der Waals surface area contributed by atoms with Crippen LogP contribution in [0.5, 0.6) is 0 Å². The summed E-state index contributed by atoms with van der Waals surface area (Å²) in [6.07, 6.45) is -18.7. The van der Waals surface area contributed by atoms with E-state index < -0.39 is 86.8 Å². The van der Waals surface area contributed by atoms with Gasteiger partial charge < -0.3 is 19.9 Å². The number of ether oxygens (including phenoxy) is 1. The number of amides is 3. The summed E-state index contributed by atoms with van der Waals surface area (Å²) in [6, 6.07) is 7.92. The van der Waals surface area contributed by atoms with Gasteiger partial charge in [-0.05, 0) is 12.0 Å². The van der Waals surface area contributed by atoms with E-state index in [1.807, 2.05) is 0 Å². The summed E-state index contributed by atoms with van der Waals surface area (Å²) in [5.41, 5.74) is -2.25. The van der Waals surface area contributed by atoms with Crippen LogP contribution < -0.4 is 5.32 Å². The Morgan fingerprint density at radius 3 is 1.68 bits per heavy atom. The first-order valence-electron chi connectivity index (χ1n) is 10.7. The summed E-state index contributed by atoms with van der Waals surface area (Å²) in [4.78, 5) is 47.5. The molecule has 2 rings (SSSR count). The minimum Gasteiger partial charge on any atom is -0.461 e. The fourth-order valence-corrected chi connectivity index (χ4v) is 3.65. The number of rotatable bonds is 6. The van der Waals surface area contributed by atoms with E-state index in [-0.39, 0.29) is 16.4 Å². The van der Waals surface area contributed by atoms with Gasteiger partial charge in [0.25, 0.3) is 0 Å². The summed E-state index contributed by atoms with van der Waals surface area (Å²) in [5, 5.41) is 1.32. The van der Waals surface area contributed by atoms with Crippen LogP contribution in [0.1, 0.15) is 18.4 Å². The van der Waals surface area contributed by atoms with Crippen LogP contribution in [0.2, 0.25) is 0 Å². The van der Waals surface area contributed by atoms with Crippen LogP contribution in [0.3, 0.4) is 0 Å². The maximum atomic E-state index is 13.1. The molecule has 212 valence electrons. The van der Waals surface area contributed by atoms with Crippen molar-refractivity contribution in [3.63, 3.8) is 0 Å². The van der Waals surface area contributed by atoms with E-state index in [2.05, 4.69) is 0 Å². The summed E-state index contributed by atoms with van der Waals surface area (Å²) in [7, 11) is 0. The summed E-state index contributed by atoms with van der Waals surface area (Å²) in [6.45, 7) is -5.40. The van der Waals surface area contributed by atoms with Gasteiger partial charge in [0.1, 0.15) is 6.61 Å². The molecule has 0 bridgehead atoms. The number of carbonyl (C=O) groups excluding carboxylic acids is 4. The van der Waals surface area contributed by atoms with Crippen molar-refractivity contribution >= 4 is 23.7 Å². The highest BCUT2D eigenvalue weighted by molar-refractivity contribution is 5.85. The number of nitrogens with zero attached hydrogens (tertiary/aromatic N) is 2. The van der Waals surface area contributed by atoms with Crippen molar-refractivity contribution in [1.82, 2.24) is 15.1 Å². The zero-order chi connectivity index (χ0) is 28.9. The number of esters is 1. The predicted molar refractivity (Wildman–Crippen MR) is 108 cm³/mol. The van der Waals surface area contributed by atoms with E-state index in [0.29, 0.717) is 5.56 Å². The first-order chi connectivity index (χ1) is 17.3. The van der Waals surface area contributed by atoms with Crippen LogP contribution in [0.15, 0.2) is 30.3 Å². The quantitative estimate of drug-likeness (QED) is 0.423. The molecule has 0 spiro atoms. The standard InChI is InChI=1S/C21H20F9N3O5/c22-19(23,24)15(35)31-18(7-6-14(34)38-10-13-4-2-1-3-5-13)11-32(16(36)20(25,26)27)8-9-33(12-18)17(37)21(28,29)30/h1-5H,6-12H2,(H,31,35). The van der Waals surface area contributed by atoms with Crippen molar-refractivity contribution in [1.29, 1.82) is 0 Å². The third-order valence-electron chi connectivity index (χ3n) is 5.37. The number of hydrogen-bond donors (Lipinski definition) is 1. The number of carbonyl (C=O) groups is 4. The first kappa shape index (κ1) is 30.7. The smallest absolute Gasteiger partial charge is 0.461 e. The van der Waals surface area contributed by atoms with Gasteiger partial charge in [-0.3, -0.25) is 19.2 Å². The number of hydrogen-bond acceptors (Lipinski definition) is 5. The highest BCUT2D eigenvalue weighted by Crippen LogP contribution is 2.29. The highest BCUT2D eigenvalue weighted by Gasteiger charge is 2.52. The Balaban J connectivity index is 2.41. The van der Waals surface area contributed by atoms with Crippen molar-refractivity contribution < 1.29 is 63.4 Å². The maximum absolute atomic E-state index is 13.1. The third kappa shape index (κ3) is 8.51. The van der Waals surface area contributed by atoms with Gasteiger partial charge in [0.15, 0.2) is 0 Å². The molecule has 1 aromatic rings. The molecule has 1 fully saturated rings. The molecule has 1 aromatic carbocycles. The molecule has 3 amide bonds. The molecule has 8 nitrogen and oxygen atoms in total. The van der Waals surface area contributed by atoms with Crippen molar-refractivity contribution in [2.45, 2.75) is 43.5 Å². The van der Waals surface area contributed by atoms with E-state index in [1.165, 1.54) is 5.32 Å². The zero-order valence-corrected chi connectivity index (χ0v) is 19.2. The molecule has 1 aliphatic heterocycles. The average Bonchev–Trinajstić information content (AvgIpc) is 2.99. The Hall–Kier alpha value is -3.53. The van der Waals surface area contributed by atoms with Gasteiger partial charge in [-0.2, -0.15) is 39.5 Å². The molecule has 0 aliphatic carbocycles. The first-order valence-corrected chi connectivity index (χ1v) is 10.7. The topological polar surface area (TPSA) is 96.0 Å². The van der Waals surface area contributed by atoms with E-state index in [1.54, 1.807) is 30.3 Å². The van der Waals surface area contributed by atoms with Gasteiger partial charge in [0.05, 0.1) is 5.54 Å². The highest BCUT2D eigenvalue weighted by atomic mass is 19.4. The second-order valence-electron chi connectivity index (χ2n) is 8.33.